The lowest BCUT2D eigenvalue weighted by Crippen LogP contribution is -2.48. The molecular weight excluding hydrogens is 402 g/mol. The Hall–Kier alpha value is -1.63. The van der Waals surface area contributed by atoms with E-state index in [1.807, 2.05) is 7.05 Å². The number of aliphatic imine (C=N–C) groups is 1. The predicted octanol–water partition coefficient (Wildman–Crippen LogP) is 4.09. The second-order valence-electron chi connectivity index (χ2n) is 9.54. The van der Waals surface area contributed by atoms with E-state index in [-0.39, 0.29) is 6.10 Å². The molecule has 6 nitrogen and oxygen atoms in total. The van der Waals surface area contributed by atoms with Crippen LogP contribution in [0.25, 0.3) is 0 Å². The third-order valence-electron chi connectivity index (χ3n) is 7.12. The molecular formula is C26H41N3O3. The normalized spacial score (nSPS) is 28.0. The SMILES string of the molecule is CN=C(NCC1CCCOC1c1ccc(C)cc1)N1CCC(OCC2CCCCO2)CC1. The first kappa shape index (κ1) is 23.5. The average Bonchev–Trinajstić information content (AvgIpc) is 2.85. The van der Waals surface area contributed by atoms with E-state index in [0.29, 0.717) is 18.1 Å². The van der Waals surface area contributed by atoms with Crippen molar-refractivity contribution in [1.82, 2.24) is 10.2 Å². The summed E-state index contributed by atoms with van der Waals surface area (Å²) in [4.78, 5) is 6.96. The van der Waals surface area contributed by atoms with Gasteiger partial charge in [0.15, 0.2) is 5.96 Å². The molecule has 0 amide bonds. The minimum absolute atomic E-state index is 0.163. The molecule has 3 unspecified atom stereocenters. The van der Waals surface area contributed by atoms with Crippen molar-refractivity contribution in [2.75, 3.05) is 46.5 Å². The van der Waals surface area contributed by atoms with E-state index < -0.39 is 0 Å². The van der Waals surface area contributed by atoms with Gasteiger partial charge in [0.2, 0.25) is 0 Å². The molecule has 0 aliphatic carbocycles. The summed E-state index contributed by atoms with van der Waals surface area (Å²) in [5.74, 6) is 1.46. The van der Waals surface area contributed by atoms with Gasteiger partial charge in [-0.05, 0) is 57.4 Å². The fourth-order valence-electron chi connectivity index (χ4n) is 5.15. The third kappa shape index (κ3) is 6.46. The van der Waals surface area contributed by atoms with Crippen molar-refractivity contribution in [3.05, 3.63) is 35.4 Å². The summed E-state index contributed by atoms with van der Waals surface area (Å²) < 4.78 is 18.2. The van der Waals surface area contributed by atoms with Crippen LogP contribution in [0.2, 0.25) is 0 Å². The zero-order valence-corrected chi connectivity index (χ0v) is 19.9. The van der Waals surface area contributed by atoms with Gasteiger partial charge in [-0.3, -0.25) is 4.99 Å². The van der Waals surface area contributed by atoms with E-state index in [1.165, 1.54) is 30.4 Å². The first-order valence-corrected chi connectivity index (χ1v) is 12.6. The van der Waals surface area contributed by atoms with Gasteiger partial charge in [-0.25, -0.2) is 0 Å². The fraction of sp³-hybridized carbons (Fsp3) is 0.731. The van der Waals surface area contributed by atoms with Crippen LogP contribution in [0, 0.1) is 12.8 Å². The van der Waals surface area contributed by atoms with Crippen LogP contribution >= 0.6 is 0 Å². The molecule has 0 radical (unpaired) electrons. The van der Waals surface area contributed by atoms with Crippen LogP contribution in [0.5, 0.6) is 0 Å². The quantitative estimate of drug-likeness (QED) is 0.530. The Balaban J connectivity index is 1.23. The summed E-state index contributed by atoms with van der Waals surface area (Å²) in [7, 11) is 1.89. The number of likely N-dealkylation sites (tertiary alicyclic amines) is 1. The second-order valence-corrected chi connectivity index (χ2v) is 9.54. The van der Waals surface area contributed by atoms with E-state index in [4.69, 9.17) is 14.2 Å². The highest BCUT2D eigenvalue weighted by molar-refractivity contribution is 5.80. The molecule has 0 aromatic heterocycles. The lowest BCUT2D eigenvalue weighted by Gasteiger charge is -2.37. The summed E-state index contributed by atoms with van der Waals surface area (Å²) in [6, 6.07) is 8.80. The minimum Gasteiger partial charge on any atom is -0.376 e. The van der Waals surface area contributed by atoms with E-state index in [9.17, 15) is 0 Å². The van der Waals surface area contributed by atoms with Gasteiger partial charge in [0, 0.05) is 45.8 Å². The van der Waals surface area contributed by atoms with Crippen molar-refractivity contribution in [3.63, 3.8) is 0 Å². The lowest BCUT2D eigenvalue weighted by molar-refractivity contribution is -0.0721. The Morgan fingerprint density at radius 2 is 1.81 bits per heavy atom. The van der Waals surface area contributed by atoms with Crippen molar-refractivity contribution in [1.29, 1.82) is 0 Å². The fourth-order valence-corrected chi connectivity index (χ4v) is 5.15. The highest BCUT2D eigenvalue weighted by atomic mass is 16.5. The first-order valence-electron chi connectivity index (χ1n) is 12.6. The molecule has 0 bridgehead atoms. The molecule has 3 fully saturated rings. The van der Waals surface area contributed by atoms with Gasteiger partial charge < -0.3 is 24.4 Å². The van der Waals surface area contributed by atoms with Crippen LogP contribution < -0.4 is 5.32 Å². The Bertz CT molecular complexity index is 710. The van der Waals surface area contributed by atoms with E-state index in [2.05, 4.69) is 46.4 Å². The molecule has 0 saturated carbocycles. The molecule has 1 aromatic rings. The standard InChI is InChI=1S/C26H41N3O3/c1-20-8-10-21(11-9-20)25-22(6-5-17-31-25)18-28-26(27-2)29-14-12-23(13-15-29)32-19-24-7-3-4-16-30-24/h8-11,22-25H,3-7,12-19H2,1-2H3,(H,27,28). The highest BCUT2D eigenvalue weighted by Crippen LogP contribution is 2.33. The van der Waals surface area contributed by atoms with Gasteiger partial charge in [0.1, 0.15) is 0 Å². The highest BCUT2D eigenvalue weighted by Gasteiger charge is 2.29. The molecule has 1 N–H and O–H groups in total. The molecule has 32 heavy (non-hydrogen) atoms. The van der Waals surface area contributed by atoms with Crippen molar-refractivity contribution in [2.24, 2.45) is 10.9 Å². The zero-order chi connectivity index (χ0) is 22.2. The molecule has 178 valence electrons. The molecule has 3 heterocycles. The number of piperidine rings is 1. The number of aryl methyl sites for hydroxylation is 1. The Labute approximate surface area is 193 Å². The number of nitrogens with zero attached hydrogens (tertiary/aromatic N) is 2. The largest absolute Gasteiger partial charge is 0.376 e. The Kier molecular flexibility index (Phi) is 8.83. The van der Waals surface area contributed by atoms with Crippen molar-refractivity contribution in [2.45, 2.75) is 70.2 Å². The second kappa shape index (κ2) is 12.0. The molecule has 3 saturated heterocycles. The van der Waals surface area contributed by atoms with Gasteiger partial charge in [-0.1, -0.05) is 29.8 Å². The minimum atomic E-state index is 0.163. The third-order valence-corrected chi connectivity index (χ3v) is 7.12. The lowest BCUT2D eigenvalue weighted by atomic mass is 9.89. The summed E-state index contributed by atoms with van der Waals surface area (Å²) in [5, 5.41) is 3.65. The predicted molar refractivity (Wildman–Crippen MR) is 128 cm³/mol. The first-order chi connectivity index (χ1) is 15.7. The summed E-state index contributed by atoms with van der Waals surface area (Å²) >= 11 is 0. The number of nitrogens with one attached hydrogen (secondary N) is 1. The number of rotatable bonds is 6. The topological polar surface area (TPSA) is 55.3 Å². The number of ether oxygens (including phenoxy) is 3. The number of hydrogen-bond donors (Lipinski definition) is 1. The van der Waals surface area contributed by atoms with Crippen molar-refractivity contribution in [3.8, 4) is 0 Å². The van der Waals surface area contributed by atoms with Crippen LogP contribution in [0.4, 0.5) is 0 Å². The van der Waals surface area contributed by atoms with Crippen LogP contribution in [0.15, 0.2) is 29.3 Å². The van der Waals surface area contributed by atoms with Crippen molar-refractivity contribution < 1.29 is 14.2 Å². The molecule has 3 aliphatic rings. The molecule has 4 rings (SSSR count). The maximum atomic E-state index is 6.20. The average molecular weight is 444 g/mol. The van der Waals surface area contributed by atoms with E-state index in [1.54, 1.807) is 0 Å². The summed E-state index contributed by atoms with van der Waals surface area (Å²) in [6.07, 6.45) is 8.81. The maximum Gasteiger partial charge on any atom is 0.193 e. The molecule has 3 atom stereocenters. The van der Waals surface area contributed by atoms with Gasteiger partial charge >= 0.3 is 0 Å². The monoisotopic (exact) mass is 443 g/mol. The molecule has 1 aromatic carbocycles. The Morgan fingerprint density at radius 3 is 2.53 bits per heavy atom. The maximum absolute atomic E-state index is 6.20. The van der Waals surface area contributed by atoms with Crippen LogP contribution in [-0.2, 0) is 14.2 Å². The number of guanidine groups is 1. The molecule has 6 heteroatoms. The van der Waals surface area contributed by atoms with E-state index in [0.717, 1.165) is 71.1 Å². The van der Waals surface area contributed by atoms with Gasteiger partial charge in [-0.15, -0.1) is 0 Å². The number of benzene rings is 1. The van der Waals surface area contributed by atoms with Gasteiger partial charge in [0.25, 0.3) is 0 Å². The van der Waals surface area contributed by atoms with Gasteiger partial charge in [-0.2, -0.15) is 0 Å². The smallest absolute Gasteiger partial charge is 0.193 e. The Morgan fingerprint density at radius 1 is 1.03 bits per heavy atom. The molecule has 3 aliphatic heterocycles. The van der Waals surface area contributed by atoms with Crippen LogP contribution in [0.3, 0.4) is 0 Å². The van der Waals surface area contributed by atoms with Crippen molar-refractivity contribution >= 4 is 5.96 Å². The molecule has 0 spiro atoms. The van der Waals surface area contributed by atoms with Gasteiger partial charge in [0.05, 0.1) is 24.9 Å². The zero-order valence-electron chi connectivity index (χ0n) is 19.9. The number of hydrogen-bond acceptors (Lipinski definition) is 4. The van der Waals surface area contributed by atoms with E-state index >= 15 is 0 Å². The van der Waals surface area contributed by atoms with Crippen LogP contribution in [0.1, 0.15) is 62.2 Å². The summed E-state index contributed by atoms with van der Waals surface area (Å²) in [6.45, 7) is 7.48. The summed E-state index contributed by atoms with van der Waals surface area (Å²) in [5.41, 5.74) is 2.58. The van der Waals surface area contributed by atoms with Crippen LogP contribution in [-0.4, -0.2) is 69.6 Å².